The minimum absolute atomic E-state index is 0.00918. The number of rotatable bonds is 5. The van der Waals surface area contributed by atoms with E-state index >= 15 is 0 Å². The number of nitrogens with zero attached hydrogens (tertiary/aromatic N) is 3. The molecule has 3 amide bonds. The number of β-amino-alcohol motifs (C(OH)–C–C–N with tert-alkyl or cyclic N) is 1. The Bertz CT molecular complexity index is 1130. The van der Waals surface area contributed by atoms with Gasteiger partial charge in [0.15, 0.2) is 0 Å². The number of hydrogen-bond donors (Lipinski definition) is 2. The predicted octanol–water partition coefficient (Wildman–Crippen LogP) is 3.98. The molecule has 0 aliphatic carbocycles. The van der Waals surface area contributed by atoms with Crippen LogP contribution in [0.5, 0.6) is 0 Å². The topological polar surface area (TPSA) is 112 Å². The third-order valence-electron chi connectivity index (χ3n) is 6.21. The molecule has 2 aromatic rings. The molecule has 1 aliphatic rings. The van der Waals surface area contributed by atoms with E-state index in [2.05, 4.69) is 10.3 Å². The van der Waals surface area contributed by atoms with Crippen molar-refractivity contribution in [1.82, 2.24) is 15.2 Å². The first-order valence-corrected chi connectivity index (χ1v) is 13.2. The lowest BCUT2D eigenvalue weighted by Gasteiger charge is -2.36. The molecule has 1 aromatic carbocycles. The minimum Gasteiger partial charge on any atom is -0.444 e. The number of alkyl carbamates (subject to hydrolysis) is 1. The summed E-state index contributed by atoms with van der Waals surface area (Å²) < 4.78 is 5.36. The van der Waals surface area contributed by atoms with Crippen LogP contribution in [0.2, 0.25) is 0 Å². The lowest BCUT2D eigenvalue weighted by molar-refractivity contribution is -0.141. The minimum atomic E-state index is -0.949. The van der Waals surface area contributed by atoms with Crippen LogP contribution in [0.4, 0.5) is 10.5 Å². The summed E-state index contributed by atoms with van der Waals surface area (Å²) in [6.45, 7) is 12.7. The summed E-state index contributed by atoms with van der Waals surface area (Å²) in [4.78, 5) is 48.0. The maximum atomic E-state index is 13.7. The molecule has 2 N–H and O–H groups in total. The lowest BCUT2D eigenvalue weighted by Crippen LogP contribution is -2.58. The van der Waals surface area contributed by atoms with Crippen LogP contribution in [0, 0.1) is 12.3 Å². The smallest absolute Gasteiger partial charge is 0.408 e. The number of thiazole rings is 1. The fourth-order valence-electron chi connectivity index (χ4n) is 4.30. The van der Waals surface area contributed by atoms with Crippen LogP contribution >= 0.6 is 11.3 Å². The summed E-state index contributed by atoms with van der Waals surface area (Å²) in [6, 6.07) is 5.77. The van der Waals surface area contributed by atoms with Gasteiger partial charge in [-0.15, -0.1) is 11.3 Å². The van der Waals surface area contributed by atoms with Crippen LogP contribution < -0.4 is 10.2 Å². The van der Waals surface area contributed by atoms with E-state index in [9.17, 15) is 19.5 Å². The molecule has 0 saturated carbocycles. The number of anilines is 1. The normalized spacial score (nSPS) is 18.9. The zero-order chi connectivity index (χ0) is 27.7. The van der Waals surface area contributed by atoms with E-state index in [1.165, 1.54) is 9.80 Å². The summed E-state index contributed by atoms with van der Waals surface area (Å²) in [6.07, 6.45) is -1.43. The number of carbonyl (C=O) groups excluding carboxylic acids is 3. The van der Waals surface area contributed by atoms with Gasteiger partial charge in [0.05, 0.1) is 22.2 Å². The molecule has 1 aromatic heterocycles. The average molecular weight is 531 g/mol. The molecule has 1 unspecified atom stereocenters. The summed E-state index contributed by atoms with van der Waals surface area (Å²) >= 11 is 1.56. The summed E-state index contributed by atoms with van der Waals surface area (Å²) in [5.41, 5.74) is 3.04. The molecule has 3 rings (SSSR count). The third-order valence-corrected chi connectivity index (χ3v) is 7.19. The van der Waals surface area contributed by atoms with E-state index in [4.69, 9.17) is 4.74 Å². The van der Waals surface area contributed by atoms with Crippen LogP contribution in [0.15, 0.2) is 29.8 Å². The number of likely N-dealkylation sites (tertiary alicyclic amines) is 1. The van der Waals surface area contributed by atoms with Crippen molar-refractivity contribution < 1.29 is 24.2 Å². The van der Waals surface area contributed by atoms with Crippen molar-refractivity contribution in [2.75, 3.05) is 18.5 Å². The largest absolute Gasteiger partial charge is 0.444 e. The third kappa shape index (κ3) is 6.87. The lowest BCUT2D eigenvalue weighted by atomic mass is 9.85. The SMILES string of the molecule is Cc1ncsc1-c1ccc(N(C)C(=O)[C@@H]2C[C@@H](O)CN2C(=O)C(NC(=O)OC(C)(C)C)C(C)(C)C)cc1. The van der Waals surface area contributed by atoms with Crippen LogP contribution in [-0.4, -0.2) is 70.3 Å². The molecule has 1 saturated heterocycles. The molecule has 10 heteroatoms. The summed E-state index contributed by atoms with van der Waals surface area (Å²) in [7, 11) is 1.66. The van der Waals surface area contributed by atoms with Crippen LogP contribution in [0.1, 0.15) is 53.7 Å². The van der Waals surface area contributed by atoms with Gasteiger partial charge in [-0.25, -0.2) is 9.78 Å². The molecule has 1 aliphatic heterocycles. The number of ether oxygens (including phenoxy) is 1. The van der Waals surface area contributed by atoms with Crippen molar-refractivity contribution >= 4 is 34.9 Å². The second-order valence-corrected chi connectivity index (χ2v) is 12.4. The van der Waals surface area contributed by atoms with Gasteiger partial charge in [-0.2, -0.15) is 0 Å². The van der Waals surface area contributed by atoms with E-state index in [0.717, 1.165) is 16.1 Å². The van der Waals surface area contributed by atoms with Crippen molar-refractivity contribution in [1.29, 1.82) is 0 Å². The average Bonchev–Trinajstić information content (AvgIpc) is 3.39. The Morgan fingerprint density at radius 1 is 1.16 bits per heavy atom. The quantitative estimate of drug-likeness (QED) is 0.605. The van der Waals surface area contributed by atoms with Crippen molar-refractivity contribution in [2.45, 2.75) is 78.7 Å². The van der Waals surface area contributed by atoms with Gasteiger partial charge in [-0.1, -0.05) is 32.9 Å². The molecule has 202 valence electrons. The van der Waals surface area contributed by atoms with Gasteiger partial charge in [0.25, 0.3) is 0 Å². The van der Waals surface area contributed by atoms with Crippen molar-refractivity contribution in [2.24, 2.45) is 5.41 Å². The first kappa shape index (κ1) is 28.6. The number of aliphatic hydroxyl groups excluding tert-OH is 1. The van der Waals surface area contributed by atoms with Gasteiger partial charge in [0.1, 0.15) is 17.7 Å². The number of aryl methyl sites for hydroxylation is 1. The maximum absolute atomic E-state index is 13.7. The second-order valence-electron chi connectivity index (χ2n) is 11.6. The first-order chi connectivity index (χ1) is 17.1. The van der Waals surface area contributed by atoms with Crippen LogP contribution in [0.25, 0.3) is 10.4 Å². The highest BCUT2D eigenvalue weighted by atomic mass is 32.1. The molecular formula is C27H38N4O5S. The number of carbonyl (C=O) groups is 3. The van der Waals surface area contributed by atoms with Gasteiger partial charge >= 0.3 is 6.09 Å². The number of aliphatic hydroxyl groups is 1. The monoisotopic (exact) mass is 530 g/mol. The molecular weight excluding hydrogens is 492 g/mol. The Labute approximate surface area is 222 Å². The molecule has 0 spiro atoms. The molecule has 3 atom stereocenters. The molecule has 1 fully saturated rings. The number of aromatic nitrogens is 1. The van der Waals surface area contributed by atoms with Crippen molar-refractivity contribution in [3.63, 3.8) is 0 Å². The molecule has 0 radical (unpaired) electrons. The zero-order valence-electron chi connectivity index (χ0n) is 22.9. The van der Waals surface area contributed by atoms with Gasteiger partial charge in [0.2, 0.25) is 11.8 Å². The molecule has 0 bridgehead atoms. The van der Waals surface area contributed by atoms with E-state index in [1.807, 2.05) is 52.0 Å². The van der Waals surface area contributed by atoms with E-state index in [0.29, 0.717) is 5.69 Å². The highest BCUT2D eigenvalue weighted by Crippen LogP contribution is 2.31. The zero-order valence-corrected chi connectivity index (χ0v) is 23.7. The molecule has 2 heterocycles. The van der Waals surface area contributed by atoms with Gasteiger partial charge in [0, 0.05) is 25.7 Å². The van der Waals surface area contributed by atoms with Crippen molar-refractivity contribution in [3.05, 3.63) is 35.5 Å². The van der Waals surface area contributed by atoms with E-state index < -0.39 is 41.2 Å². The fraction of sp³-hybridized carbons (Fsp3) is 0.556. The Kier molecular flexibility index (Phi) is 8.34. The van der Waals surface area contributed by atoms with Gasteiger partial charge in [-0.3, -0.25) is 9.59 Å². The summed E-state index contributed by atoms with van der Waals surface area (Å²) in [5.74, 6) is -0.741. The second kappa shape index (κ2) is 10.8. The molecule has 37 heavy (non-hydrogen) atoms. The Morgan fingerprint density at radius 3 is 2.30 bits per heavy atom. The first-order valence-electron chi connectivity index (χ1n) is 12.3. The highest BCUT2D eigenvalue weighted by Gasteiger charge is 2.45. The van der Waals surface area contributed by atoms with Crippen LogP contribution in [0.3, 0.4) is 0 Å². The van der Waals surface area contributed by atoms with Gasteiger partial charge < -0.3 is 25.0 Å². The number of hydrogen-bond acceptors (Lipinski definition) is 7. The number of nitrogens with one attached hydrogen (secondary N) is 1. The Hall–Kier alpha value is -2.98. The Morgan fingerprint density at radius 2 is 1.78 bits per heavy atom. The number of likely N-dealkylation sites (N-methyl/N-ethyl adjacent to an activating group) is 1. The van der Waals surface area contributed by atoms with E-state index in [1.54, 1.807) is 44.7 Å². The van der Waals surface area contributed by atoms with Crippen LogP contribution in [-0.2, 0) is 14.3 Å². The van der Waals surface area contributed by atoms with E-state index in [-0.39, 0.29) is 18.9 Å². The van der Waals surface area contributed by atoms with Crippen molar-refractivity contribution in [3.8, 4) is 10.4 Å². The standard InChI is InChI=1S/C27H38N4O5S/c1-16-21(37-15-28-16)17-9-11-18(12-10-17)30(8)23(33)20-13-19(32)14-31(20)24(34)22(26(2,3)4)29-25(35)36-27(5,6)7/h9-12,15,19-20,22,32H,13-14H2,1-8H3,(H,29,35)/t19-,20+,22?/m1/s1. The number of amides is 3. The molecule has 9 nitrogen and oxygen atoms in total. The Balaban J connectivity index is 1.80. The maximum Gasteiger partial charge on any atom is 0.408 e. The fourth-order valence-corrected chi connectivity index (χ4v) is 5.11. The number of benzene rings is 1. The highest BCUT2D eigenvalue weighted by molar-refractivity contribution is 7.13. The van der Waals surface area contributed by atoms with Gasteiger partial charge in [-0.05, 0) is 50.8 Å². The predicted molar refractivity (Wildman–Crippen MR) is 144 cm³/mol. The summed E-state index contributed by atoms with van der Waals surface area (Å²) in [5, 5.41) is 13.1.